The summed E-state index contributed by atoms with van der Waals surface area (Å²) in [5.74, 6) is 0. The Labute approximate surface area is 106 Å². The van der Waals surface area contributed by atoms with Crippen LogP contribution >= 0.6 is 0 Å². The molecule has 18 heavy (non-hydrogen) atoms. The molecule has 1 aliphatic rings. The molecule has 1 aromatic carbocycles. The lowest BCUT2D eigenvalue weighted by molar-refractivity contribution is 0.0335. The predicted octanol–water partition coefficient (Wildman–Crippen LogP) is 1.33. The van der Waals surface area contributed by atoms with Gasteiger partial charge in [0, 0.05) is 19.6 Å². The number of hydrogen-bond donors (Lipinski definition) is 2. The normalized spacial score (nSPS) is 18.2. The molecule has 2 N–H and O–H groups in total. The molecule has 1 atom stereocenters. The molecule has 1 heterocycles. The first-order valence-electron chi connectivity index (χ1n) is 6.10. The highest BCUT2D eigenvalue weighted by Crippen LogP contribution is 2.15. The molecule has 2 rings (SSSR count). The third-order valence-corrected chi connectivity index (χ3v) is 3.04. The van der Waals surface area contributed by atoms with Crippen LogP contribution < -0.4 is 5.32 Å². The Bertz CT molecular complexity index is 377. The third-order valence-electron chi connectivity index (χ3n) is 3.04. The summed E-state index contributed by atoms with van der Waals surface area (Å²) in [6.07, 6.45) is -0.989. The molecule has 98 valence electrons. The first kappa shape index (κ1) is 12.9. The fourth-order valence-corrected chi connectivity index (χ4v) is 2.11. The summed E-state index contributed by atoms with van der Waals surface area (Å²) in [5.41, 5.74) is 0.992. The number of benzene rings is 1. The Morgan fingerprint density at radius 2 is 2.00 bits per heavy atom. The minimum Gasteiger partial charge on any atom is -0.465 e. The summed E-state index contributed by atoms with van der Waals surface area (Å²) in [6.45, 7) is 3.82. The topological polar surface area (TPSA) is 61.8 Å². The van der Waals surface area contributed by atoms with E-state index in [4.69, 9.17) is 9.84 Å². The van der Waals surface area contributed by atoms with E-state index < -0.39 is 6.09 Å². The molecule has 1 unspecified atom stereocenters. The van der Waals surface area contributed by atoms with E-state index in [2.05, 4.69) is 10.2 Å². The molecule has 0 radical (unpaired) electrons. The summed E-state index contributed by atoms with van der Waals surface area (Å²) in [7, 11) is 0. The number of ether oxygens (including phenoxy) is 1. The average molecular weight is 250 g/mol. The first-order valence-corrected chi connectivity index (χ1v) is 6.10. The van der Waals surface area contributed by atoms with Gasteiger partial charge in [0.15, 0.2) is 0 Å². The molecule has 0 aromatic heterocycles. The molecule has 1 fully saturated rings. The molecule has 0 aliphatic carbocycles. The van der Waals surface area contributed by atoms with E-state index in [9.17, 15) is 4.79 Å². The summed E-state index contributed by atoms with van der Waals surface area (Å²) >= 11 is 0. The predicted molar refractivity (Wildman–Crippen MR) is 67.6 cm³/mol. The van der Waals surface area contributed by atoms with Crippen LogP contribution in [0, 0.1) is 0 Å². The second kappa shape index (κ2) is 6.37. The van der Waals surface area contributed by atoms with Crippen molar-refractivity contribution in [2.45, 2.75) is 6.04 Å². The van der Waals surface area contributed by atoms with Crippen molar-refractivity contribution < 1.29 is 14.6 Å². The summed E-state index contributed by atoms with van der Waals surface area (Å²) in [6, 6.07) is 9.47. The highest BCUT2D eigenvalue weighted by Gasteiger charge is 2.19. The second-order valence-corrected chi connectivity index (χ2v) is 4.33. The van der Waals surface area contributed by atoms with E-state index in [0.717, 1.165) is 18.7 Å². The zero-order chi connectivity index (χ0) is 12.8. The maximum atomic E-state index is 10.9. The zero-order valence-corrected chi connectivity index (χ0v) is 10.2. The number of nitrogens with one attached hydrogen (secondary N) is 1. The molecular formula is C13H18N2O3. The van der Waals surface area contributed by atoms with E-state index >= 15 is 0 Å². The molecule has 0 bridgehead atoms. The Morgan fingerprint density at radius 1 is 1.33 bits per heavy atom. The fraction of sp³-hybridized carbons (Fsp3) is 0.462. The zero-order valence-electron chi connectivity index (χ0n) is 10.2. The van der Waals surface area contributed by atoms with Crippen LogP contribution in [0.2, 0.25) is 0 Å². The fourth-order valence-electron chi connectivity index (χ4n) is 2.11. The monoisotopic (exact) mass is 250 g/mol. The highest BCUT2D eigenvalue weighted by molar-refractivity contribution is 5.65. The Morgan fingerprint density at radius 3 is 2.61 bits per heavy atom. The Balaban J connectivity index is 2.02. The maximum absolute atomic E-state index is 10.9. The van der Waals surface area contributed by atoms with Crippen LogP contribution in [0.15, 0.2) is 30.3 Å². The van der Waals surface area contributed by atoms with Crippen molar-refractivity contribution in [2.75, 3.05) is 32.8 Å². The van der Waals surface area contributed by atoms with Crippen molar-refractivity contribution in [2.24, 2.45) is 0 Å². The SMILES string of the molecule is O=C(O)NC(CN1CCOCC1)c1ccccc1. The van der Waals surface area contributed by atoms with Gasteiger partial charge in [-0.3, -0.25) is 4.90 Å². The lowest BCUT2D eigenvalue weighted by Crippen LogP contribution is -2.42. The molecule has 0 spiro atoms. The van der Waals surface area contributed by atoms with Gasteiger partial charge in [-0.15, -0.1) is 0 Å². The lowest BCUT2D eigenvalue weighted by Gasteiger charge is -2.30. The van der Waals surface area contributed by atoms with E-state index in [1.165, 1.54) is 0 Å². The van der Waals surface area contributed by atoms with Gasteiger partial charge >= 0.3 is 6.09 Å². The quantitative estimate of drug-likeness (QED) is 0.846. The van der Waals surface area contributed by atoms with Gasteiger partial charge in [0.25, 0.3) is 0 Å². The van der Waals surface area contributed by atoms with E-state index in [1.54, 1.807) is 0 Å². The second-order valence-electron chi connectivity index (χ2n) is 4.33. The van der Waals surface area contributed by atoms with E-state index in [-0.39, 0.29) is 6.04 Å². The Kier molecular flexibility index (Phi) is 4.55. The van der Waals surface area contributed by atoms with Gasteiger partial charge < -0.3 is 15.2 Å². The maximum Gasteiger partial charge on any atom is 0.405 e. The summed E-state index contributed by atoms with van der Waals surface area (Å²) < 4.78 is 5.29. The number of rotatable bonds is 4. The van der Waals surface area contributed by atoms with Crippen LogP contribution in [0.3, 0.4) is 0 Å². The standard InChI is InChI=1S/C13H18N2O3/c16-13(17)14-12(11-4-2-1-3-5-11)10-15-6-8-18-9-7-15/h1-5,12,14H,6-10H2,(H,16,17). The molecule has 1 amide bonds. The number of carboxylic acid groups (broad SMARTS) is 1. The third kappa shape index (κ3) is 3.72. The van der Waals surface area contributed by atoms with Gasteiger partial charge in [-0.05, 0) is 5.56 Å². The number of nitrogens with zero attached hydrogens (tertiary/aromatic N) is 1. The van der Waals surface area contributed by atoms with Crippen LogP contribution in [-0.4, -0.2) is 48.9 Å². The Hall–Kier alpha value is -1.59. The average Bonchev–Trinajstić information content (AvgIpc) is 2.40. The van der Waals surface area contributed by atoms with Gasteiger partial charge in [0.1, 0.15) is 0 Å². The molecule has 1 aromatic rings. The van der Waals surface area contributed by atoms with Crippen LogP contribution in [0.5, 0.6) is 0 Å². The van der Waals surface area contributed by atoms with Gasteiger partial charge in [-0.1, -0.05) is 30.3 Å². The minimum absolute atomic E-state index is 0.193. The van der Waals surface area contributed by atoms with Crippen molar-refractivity contribution in [3.8, 4) is 0 Å². The summed E-state index contributed by atoms with van der Waals surface area (Å²) in [5, 5.41) is 11.5. The number of hydrogen-bond acceptors (Lipinski definition) is 3. The molecule has 1 saturated heterocycles. The summed E-state index contributed by atoms with van der Waals surface area (Å²) in [4.78, 5) is 13.1. The van der Waals surface area contributed by atoms with Gasteiger partial charge in [-0.2, -0.15) is 0 Å². The smallest absolute Gasteiger partial charge is 0.405 e. The van der Waals surface area contributed by atoms with Crippen LogP contribution in [0.4, 0.5) is 4.79 Å². The van der Waals surface area contributed by atoms with Crippen LogP contribution in [0.25, 0.3) is 0 Å². The van der Waals surface area contributed by atoms with Crippen molar-refractivity contribution in [3.63, 3.8) is 0 Å². The number of amides is 1. The number of carbonyl (C=O) groups is 1. The van der Waals surface area contributed by atoms with Crippen LogP contribution in [0.1, 0.15) is 11.6 Å². The highest BCUT2D eigenvalue weighted by atomic mass is 16.5. The molecular weight excluding hydrogens is 232 g/mol. The van der Waals surface area contributed by atoms with Gasteiger partial charge in [-0.25, -0.2) is 4.79 Å². The number of morpholine rings is 1. The minimum atomic E-state index is -0.989. The van der Waals surface area contributed by atoms with E-state index in [1.807, 2.05) is 30.3 Å². The van der Waals surface area contributed by atoms with Gasteiger partial charge in [0.2, 0.25) is 0 Å². The van der Waals surface area contributed by atoms with Crippen molar-refractivity contribution >= 4 is 6.09 Å². The van der Waals surface area contributed by atoms with Crippen molar-refractivity contribution in [1.82, 2.24) is 10.2 Å². The van der Waals surface area contributed by atoms with Crippen molar-refractivity contribution in [1.29, 1.82) is 0 Å². The molecule has 5 nitrogen and oxygen atoms in total. The molecule has 5 heteroatoms. The molecule has 0 saturated carbocycles. The van der Waals surface area contributed by atoms with Crippen LogP contribution in [-0.2, 0) is 4.74 Å². The first-order chi connectivity index (χ1) is 8.75. The lowest BCUT2D eigenvalue weighted by atomic mass is 10.1. The molecule has 1 aliphatic heterocycles. The van der Waals surface area contributed by atoms with Gasteiger partial charge in [0.05, 0.1) is 19.3 Å². The van der Waals surface area contributed by atoms with E-state index in [0.29, 0.717) is 19.8 Å². The largest absolute Gasteiger partial charge is 0.465 e. The van der Waals surface area contributed by atoms with Crippen molar-refractivity contribution in [3.05, 3.63) is 35.9 Å².